The molecule has 1 heterocycles. The summed E-state index contributed by atoms with van der Waals surface area (Å²) in [6.45, 7) is 5.57. The molecule has 3 nitrogen and oxygen atoms in total. The normalized spacial score (nSPS) is 12.6. The summed E-state index contributed by atoms with van der Waals surface area (Å²) in [5.41, 5.74) is 1.24. The minimum absolute atomic E-state index is 0.644. The molecular weight excluding hydrogens is 198 g/mol. The smallest absolute Gasteiger partial charge is 0.115 e. The molecular formula is C13H23N3. The van der Waals surface area contributed by atoms with E-state index in [9.17, 15) is 0 Å². The molecule has 0 aromatic carbocycles. The molecule has 0 aliphatic heterocycles. The number of rotatable bonds is 8. The molecule has 1 atom stereocenters. The second-order valence-corrected chi connectivity index (χ2v) is 4.23. The van der Waals surface area contributed by atoms with E-state index in [1.807, 2.05) is 12.4 Å². The third-order valence-corrected chi connectivity index (χ3v) is 2.72. The lowest BCUT2D eigenvalue weighted by molar-refractivity contribution is 0.448. The molecule has 1 N–H and O–H groups in total. The minimum Gasteiger partial charge on any atom is -0.314 e. The summed E-state index contributed by atoms with van der Waals surface area (Å²) in [6.07, 6.45) is 11.4. The van der Waals surface area contributed by atoms with E-state index in [-0.39, 0.29) is 0 Å². The van der Waals surface area contributed by atoms with Crippen LogP contribution in [-0.2, 0) is 6.42 Å². The Kier molecular flexibility index (Phi) is 6.74. The van der Waals surface area contributed by atoms with Gasteiger partial charge >= 0.3 is 0 Å². The van der Waals surface area contributed by atoms with E-state index in [4.69, 9.17) is 0 Å². The fraction of sp³-hybridized carbons (Fsp3) is 0.692. The summed E-state index contributed by atoms with van der Waals surface area (Å²) in [7, 11) is 0. The molecule has 0 bridgehead atoms. The minimum atomic E-state index is 0.644. The second kappa shape index (κ2) is 8.22. The van der Waals surface area contributed by atoms with Crippen molar-refractivity contribution in [1.82, 2.24) is 15.3 Å². The van der Waals surface area contributed by atoms with Crippen LogP contribution in [0.15, 0.2) is 18.7 Å². The van der Waals surface area contributed by atoms with Crippen molar-refractivity contribution in [3.05, 3.63) is 24.3 Å². The van der Waals surface area contributed by atoms with Crippen LogP contribution >= 0.6 is 0 Å². The van der Waals surface area contributed by atoms with Crippen LogP contribution in [0.1, 0.15) is 45.1 Å². The molecule has 1 aromatic heterocycles. The first kappa shape index (κ1) is 13.1. The maximum Gasteiger partial charge on any atom is 0.115 e. The van der Waals surface area contributed by atoms with E-state index in [1.54, 1.807) is 6.33 Å². The number of nitrogens with zero attached hydrogens (tertiary/aromatic N) is 2. The maximum atomic E-state index is 4.04. The molecule has 90 valence electrons. The molecule has 0 spiro atoms. The number of hydrogen-bond donors (Lipinski definition) is 1. The molecule has 16 heavy (non-hydrogen) atoms. The quantitative estimate of drug-likeness (QED) is 0.733. The van der Waals surface area contributed by atoms with Crippen molar-refractivity contribution >= 4 is 0 Å². The molecule has 1 rings (SSSR count). The molecule has 0 amide bonds. The molecule has 1 unspecified atom stereocenters. The number of aromatic nitrogens is 2. The largest absolute Gasteiger partial charge is 0.314 e. The zero-order chi connectivity index (χ0) is 11.6. The summed E-state index contributed by atoms with van der Waals surface area (Å²) < 4.78 is 0. The molecule has 0 aliphatic rings. The van der Waals surface area contributed by atoms with Gasteiger partial charge in [0.15, 0.2) is 0 Å². The zero-order valence-electron chi connectivity index (χ0n) is 10.4. The van der Waals surface area contributed by atoms with Crippen LogP contribution < -0.4 is 5.32 Å². The fourth-order valence-corrected chi connectivity index (χ4v) is 1.85. The molecule has 0 aliphatic carbocycles. The first-order chi connectivity index (χ1) is 7.86. The van der Waals surface area contributed by atoms with Gasteiger partial charge in [-0.3, -0.25) is 0 Å². The predicted molar refractivity (Wildman–Crippen MR) is 67.3 cm³/mol. The monoisotopic (exact) mass is 221 g/mol. The Hall–Kier alpha value is -0.960. The summed E-state index contributed by atoms with van der Waals surface area (Å²) in [4.78, 5) is 8.08. The first-order valence-corrected chi connectivity index (χ1v) is 6.34. The van der Waals surface area contributed by atoms with Gasteiger partial charge in [-0.1, -0.05) is 20.3 Å². The van der Waals surface area contributed by atoms with Crippen molar-refractivity contribution in [3.8, 4) is 0 Å². The highest BCUT2D eigenvalue weighted by atomic mass is 14.9. The summed E-state index contributed by atoms with van der Waals surface area (Å²) in [5, 5.41) is 3.60. The highest BCUT2D eigenvalue weighted by Gasteiger charge is 2.06. The number of aryl methyl sites for hydroxylation is 1. The SMILES string of the molecule is CCCNC(CCC)CCc1cncnc1. The van der Waals surface area contributed by atoms with Gasteiger partial charge in [-0.05, 0) is 37.8 Å². The van der Waals surface area contributed by atoms with Crippen LogP contribution in [0.25, 0.3) is 0 Å². The molecule has 0 saturated carbocycles. The topological polar surface area (TPSA) is 37.8 Å². The Morgan fingerprint density at radius 1 is 1.12 bits per heavy atom. The fourth-order valence-electron chi connectivity index (χ4n) is 1.85. The number of nitrogens with one attached hydrogen (secondary N) is 1. The van der Waals surface area contributed by atoms with Gasteiger partial charge in [0.1, 0.15) is 6.33 Å². The first-order valence-electron chi connectivity index (χ1n) is 6.34. The van der Waals surface area contributed by atoms with Crippen LogP contribution in [0.5, 0.6) is 0 Å². The van der Waals surface area contributed by atoms with Gasteiger partial charge in [-0.2, -0.15) is 0 Å². The zero-order valence-corrected chi connectivity index (χ0v) is 10.4. The van der Waals surface area contributed by atoms with Gasteiger partial charge in [0.05, 0.1) is 0 Å². The van der Waals surface area contributed by atoms with Gasteiger partial charge in [0, 0.05) is 18.4 Å². The highest BCUT2D eigenvalue weighted by Crippen LogP contribution is 2.07. The van der Waals surface area contributed by atoms with Gasteiger partial charge in [0.2, 0.25) is 0 Å². The standard InChI is InChI=1S/C13H23N3/c1-3-5-13(16-8-4-2)7-6-12-9-14-11-15-10-12/h9-11,13,16H,3-8H2,1-2H3. The average molecular weight is 221 g/mol. The second-order valence-electron chi connectivity index (χ2n) is 4.23. The number of hydrogen-bond acceptors (Lipinski definition) is 3. The summed E-state index contributed by atoms with van der Waals surface area (Å²) >= 11 is 0. The molecule has 1 aromatic rings. The van der Waals surface area contributed by atoms with Crippen molar-refractivity contribution in [1.29, 1.82) is 0 Å². The van der Waals surface area contributed by atoms with E-state index < -0.39 is 0 Å². The van der Waals surface area contributed by atoms with Crippen molar-refractivity contribution in [2.45, 2.75) is 52.0 Å². The van der Waals surface area contributed by atoms with Crippen LogP contribution in [0.2, 0.25) is 0 Å². The van der Waals surface area contributed by atoms with Gasteiger partial charge < -0.3 is 5.32 Å². The molecule has 0 fully saturated rings. The summed E-state index contributed by atoms with van der Waals surface area (Å²) in [6, 6.07) is 0.644. The van der Waals surface area contributed by atoms with Crippen molar-refractivity contribution in [2.75, 3.05) is 6.54 Å². The third kappa shape index (κ3) is 5.21. The predicted octanol–water partition coefficient (Wildman–Crippen LogP) is 2.58. The van der Waals surface area contributed by atoms with Crippen LogP contribution in [0.4, 0.5) is 0 Å². The maximum absolute atomic E-state index is 4.04. The van der Waals surface area contributed by atoms with Crippen LogP contribution in [0.3, 0.4) is 0 Å². The van der Waals surface area contributed by atoms with E-state index in [1.165, 1.54) is 31.2 Å². The molecule has 0 saturated heterocycles. The Labute approximate surface area is 98.7 Å². The Morgan fingerprint density at radius 2 is 1.88 bits per heavy atom. The third-order valence-electron chi connectivity index (χ3n) is 2.72. The average Bonchev–Trinajstić information content (AvgIpc) is 2.34. The Morgan fingerprint density at radius 3 is 2.50 bits per heavy atom. The Balaban J connectivity index is 2.31. The Bertz CT molecular complexity index is 261. The molecule has 0 radical (unpaired) electrons. The highest BCUT2D eigenvalue weighted by molar-refractivity contribution is 5.02. The van der Waals surface area contributed by atoms with E-state index in [0.717, 1.165) is 13.0 Å². The lowest BCUT2D eigenvalue weighted by Crippen LogP contribution is -2.30. The van der Waals surface area contributed by atoms with E-state index in [0.29, 0.717) is 6.04 Å². The van der Waals surface area contributed by atoms with E-state index in [2.05, 4.69) is 29.1 Å². The van der Waals surface area contributed by atoms with Crippen LogP contribution in [-0.4, -0.2) is 22.6 Å². The van der Waals surface area contributed by atoms with Crippen LogP contribution in [0, 0.1) is 0 Å². The van der Waals surface area contributed by atoms with E-state index >= 15 is 0 Å². The van der Waals surface area contributed by atoms with Gasteiger partial charge in [-0.15, -0.1) is 0 Å². The lowest BCUT2D eigenvalue weighted by atomic mass is 10.0. The van der Waals surface area contributed by atoms with Gasteiger partial charge in [0.25, 0.3) is 0 Å². The van der Waals surface area contributed by atoms with Crippen molar-refractivity contribution in [3.63, 3.8) is 0 Å². The lowest BCUT2D eigenvalue weighted by Gasteiger charge is -2.17. The van der Waals surface area contributed by atoms with Crippen molar-refractivity contribution < 1.29 is 0 Å². The van der Waals surface area contributed by atoms with Gasteiger partial charge in [-0.25, -0.2) is 9.97 Å². The molecule has 3 heteroatoms. The summed E-state index contributed by atoms with van der Waals surface area (Å²) in [5.74, 6) is 0. The van der Waals surface area contributed by atoms with Crippen molar-refractivity contribution in [2.24, 2.45) is 0 Å².